The van der Waals surface area contributed by atoms with Gasteiger partial charge in [-0.2, -0.15) is 0 Å². The molecule has 0 aromatic carbocycles. The van der Waals surface area contributed by atoms with E-state index in [2.05, 4.69) is 21.8 Å². The Balaban J connectivity index is 2.85. The van der Waals surface area contributed by atoms with Crippen LogP contribution in [0.4, 0.5) is 0 Å². The maximum atomic E-state index is 8.53. The van der Waals surface area contributed by atoms with Crippen LogP contribution in [0.1, 0.15) is 12.0 Å². The fourth-order valence-corrected chi connectivity index (χ4v) is 1.31. The van der Waals surface area contributed by atoms with Gasteiger partial charge in [-0.3, -0.25) is 0 Å². The maximum Gasteiger partial charge on any atom is 0.188 e. The Kier molecular flexibility index (Phi) is 4.74. The highest BCUT2D eigenvalue weighted by molar-refractivity contribution is 7.98. The molecule has 0 radical (unpaired) electrons. The summed E-state index contributed by atoms with van der Waals surface area (Å²) in [4.78, 5) is 8.06. The van der Waals surface area contributed by atoms with Crippen molar-refractivity contribution in [3.63, 3.8) is 0 Å². The predicted molar refractivity (Wildman–Crippen MR) is 57.4 cm³/mol. The van der Waals surface area contributed by atoms with Gasteiger partial charge in [0, 0.05) is 12.6 Å². The summed E-state index contributed by atoms with van der Waals surface area (Å²) >= 11 is 7.28. The molecular weight excluding hydrogens is 220 g/mol. The third kappa shape index (κ3) is 3.18. The molecule has 0 aliphatic heterocycles. The molecule has 1 aromatic rings. The molecule has 0 bridgehead atoms. The summed E-state index contributed by atoms with van der Waals surface area (Å²) in [6.45, 7) is 0.0500. The number of hydrogen-bond donors (Lipinski definition) is 1. The van der Waals surface area contributed by atoms with Crippen molar-refractivity contribution >= 4 is 23.4 Å². The van der Waals surface area contributed by atoms with E-state index < -0.39 is 0 Å². The van der Waals surface area contributed by atoms with Crippen molar-refractivity contribution < 1.29 is 5.11 Å². The van der Waals surface area contributed by atoms with Crippen molar-refractivity contribution in [2.75, 3.05) is 12.9 Å². The molecule has 0 spiro atoms. The number of nitrogens with zero attached hydrogens (tertiary/aromatic N) is 2. The quantitative estimate of drug-likeness (QED) is 0.361. The molecule has 0 atom stereocenters. The summed E-state index contributed by atoms with van der Waals surface area (Å²) in [5.41, 5.74) is 0.595. The van der Waals surface area contributed by atoms with E-state index in [0.29, 0.717) is 22.3 Å². The van der Waals surface area contributed by atoms with Crippen molar-refractivity contribution in [2.24, 2.45) is 0 Å². The van der Waals surface area contributed by atoms with E-state index in [9.17, 15) is 0 Å². The smallest absolute Gasteiger partial charge is 0.188 e. The monoisotopic (exact) mass is 228 g/mol. The Labute approximate surface area is 91.9 Å². The molecule has 0 aliphatic carbocycles. The van der Waals surface area contributed by atoms with Crippen molar-refractivity contribution in [1.82, 2.24) is 9.97 Å². The van der Waals surface area contributed by atoms with Gasteiger partial charge in [-0.25, -0.2) is 9.97 Å². The van der Waals surface area contributed by atoms with Crippen LogP contribution in [0.2, 0.25) is 5.15 Å². The zero-order valence-corrected chi connectivity index (χ0v) is 9.19. The van der Waals surface area contributed by atoms with Crippen LogP contribution < -0.4 is 0 Å². The lowest BCUT2D eigenvalue weighted by molar-refractivity contribution is 0.305. The Bertz CT molecular complexity index is 373. The average molecular weight is 229 g/mol. The third-order valence-corrected chi connectivity index (χ3v) is 2.21. The third-order valence-electron chi connectivity index (χ3n) is 1.36. The largest absolute Gasteiger partial charge is 0.395 e. The van der Waals surface area contributed by atoms with Crippen LogP contribution in [0.25, 0.3) is 0 Å². The zero-order valence-electron chi connectivity index (χ0n) is 7.62. The molecule has 0 unspecified atom stereocenters. The Morgan fingerprint density at radius 1 is 1.64 bits per heavy atom. The van der Waals surface area contributed by atoms with Crippen molar-refractivity contribution in [2.45, 2.75) is 11.6 Å². The van der Waals surface area contributed by atoms with E-state index in [1.165, 1.54) is 11.8 Å². The number of hydrogen-bond acceptors (Lipinski definition) is 4. The summed E-state index contributed by atoms with van der Waals surface area (Å²) in [6, 6.07) is 0. The summed E-state index contributed by atoms with van der Waals surface area (Å²) in [5.74, 6) is 5.55. The highest BCUT2D eigenvalue weighted by Crippen LogP contribution is 2.15. The lowest BCUT2D eigenvalue weighted by Crippen LogP contribution is -1.89. The minimum absolute atomic E-state index is 0.0500. The lowest BCUT2D eigenvalue weighted by Gasteiger charge is -1.96. The first-order valence-corrected chi connectivity index (χ1v) is 5.54. The van der Waals surface area contributed by atoms with E-state index in [1.807, 2.05) is 6.26 Å². The fourth-order valence-electron chi connectivity index (χ4n) is 0.742. The summed E-state index contributed by atoms with van der Waals surface area (Å²) < 4.78 is 0. The van der Waals surface area contributed by atoms with E-state index >= 15 is 0 Å². The van der Waals surface area contributed by atoms with E-state index in [-0.39, 0.29) is 6.61 Å². The Hall–Kier alpha value is -0.760. The molecule has 1 heterocycles. The summed E-state index contributed by atoms with van der Waals surface area (Å²) in [5, 5.41) is 9.51. The molecule has 1 N–H and O–H groups in total. The van der Waals surface area contributed by atoms with Crippen LogP contribution in [0.5, 0.6) is 0 Å². The number of halogens is 1. The van der Waals surface area contributed by atoms with E-state index in [1.54, 1.807) is 6.20 Å². The minimum Gasteiger partial charge on any atom is -0.395 e. The molecule has 3 nitrogen and oxygen atoms in total. The fraction of sp³-hybridized carbons (Fsp3) is 0.333. The van der Waals surface area contributed by atoms with Crippen molar-refractivity contribution in [3.05, 3.63) is 16.9 Å². The summed E-state index contributed by atoms with van der Waals surface area (Å²) in [7, 11) is 0. The number of rotatable bonds is 2. The SMILES string of the molecule is CSc1ncc(C#CCCO)c(Cl)n1. The molecule has 0 aliphatic rings. The topological polar surface area (TPSA) is 46.0 Å². The predicted octanol–water partition coefficient (Wildman–Crippen LogP) is 1.59. The number of aromatic nitrogens is 2. The molecule has 0 amide bonds. The first-order chi connectivity index (χ1) is 6.77. The standard InChI is InChI=1S/C9H9ClN2OS/c1-14-9-11-6-7(8(10)12-9)4-2-3-5-13/h6,13H,3,5H2,1H3. The van der Waals surface area contributed by atoms with Gasteiger partial charge in [0.2, 0.25) is 0 Å². The second kappa shape index (κ2) is 5.86. The van der Waals surface area contributed by atoms with Crippen molar-refractivity contribution in [3.8, 4) is 11.8 Å². The molecule has 1 rings (SSSR count). The molecule has 14 heavy (non-hydrogen) atoms. The van der Waals surface area contributed by atoms with Crippen LogP contribution in [-0.4, -0.2) is 27.9 Å². The molecule has 0 saturated carbocycles. The molecule has 1 aromatic heterocycles. The minimum atomic E-state index is 0.0500. The molecular formula is C9H9ClN2OS. The van der Waals surface area contributed by atoms with Crippen LogP contribution in [-0.2, 0) is 0 Å². The van der Waals surface area contributed by atoms with E-state index in [0.717, 1.165) is 0 Å². The normalized spacial score (nSPS) is 9.36. The first-order valence-electron chi connectivity index (χ1n) is 3.94. The zero-order chi connectivity index (χ0) is 10.4. The van der Waals surface area contributed by atoms with Gasteiger partial charge in [-0.15, -0.1) is 0 Å². The maximum absolute atomic E-state index is 8.53. The highest BCUT2D eigenvalue weighted by atomic mass is 35.5. The first kappa shape index (κ1) is 11.3. The number of aliphatic hydroxyl groups is 1. The molecule has 74 valence electrons. The van der Waals surface area contributed by atoms with Crippen molar-refractivity contribution in [1.29, 1.82) is 0 Å². The van der Waals surface area contributed by atoms with Gasteiger partial charge in [-0.1, -0.05) is 35.2 Å². The average Bonchev–Trinajstić information content (AvgIpc) is 2.20. The summed E-state index contributed by atoms with van der Waals surface area (Å²) in [6.07, 6.45) is 3.90. The van der Waals surface area contributed by atoms with Gasteiger partial charge < -0.3 is 5.11 Å². The van der Waals surface area contributed by atoms with Gasteiger partial charge >= 0.3 is 0 Å². The highest BCUT2D eigenvalue weighted by Gasteiger charge is 2.00. The Morgan fingerprint density at radius 3 is 3.00 bits per heavy atom. The second-order valence-corrected chi connectivity index (χ2v) is 3.47. The van der Waals surface area contributed by atoms with Gasteiger partial charge in [0.25, 0.3) is 0 Å². The van der Waals surface area contributed by atoms with Crippen LogP contribution >= 0.6 is 23.4 Å². The van der Waals surface area contributed by atoms with Gasteiger partial charge in [-0.05, 0) is 6.26 Å². The van der Waals surface area contributed by atoms with Crippen LogP contribution in [0, 0.1) is 11.8 Å². The van der Waals surface area contributed by atoms with Gasteiger partial charge in [0.05, 0.1) is 12.2 Å². The van der Waals surface area contributed by atoms with E-state index in [4.69, 9.17) is 16.7 Å². The molecule has 0 fully saturated rings. The van der Waals surface area contributed by atoms with Crippen LogP contribution in [0.3, 0.4) is 0 Å². The number of thioether (sulfide) groups is 1. The van der Waals surface area contributed by atoms with Gasteiger partial charge in [0.15, 0.2) is 5.16 Å². The number of aliphatic hydroxyl groups excluding tert-OH is 1. The second-order valence-electron chi connectivity index (χ2n) is 2.34. The Morgan fingerprint density at radius 2 is 2.43 bits per heavy atom. The lowest BCUT2D eigenvalue weighted by atomic mass is 10.3. The molecule has 0 saturated heterocycles. The van der Waals surface area contributed by atoms with Crippen LogP contribution in [0.15, 0.2) is 11.4 Å². The van der Waals surface area contributed by atoms with Gasteiger partial charge in [0.1, 0.15) is 5.15 Å². The molecule has 5 heteroatoms.